The summed E-state index contributed by atoms with van der Waals surface area (Å²) in [5, 5.41) is 1.36. The van der Waals surface area contributed by atoms with Crippen molar-refractivity contribution >= 4 is 38.9 Å². The average molecular weight is 263 g/mol. The topological polar surface area (TPSA) is 3.24 Å². The largest absolute Gasteiger partial charge is 0.336 e. The van der Waals surface area contributed by atoms with Gasteiger partial charge in [0.05, 0.1) is 10.6 Å². The van der Waals surface area contributed by atoms with Gasteiger partial charge in [0.2, 0.25) is 0 Å². The van der Waals surface area contributed by atoms with Crippen molar-refractivity contribution < 1.29 is 0 Å². The third-order valence-electron chi connectivity index (χ3n) is 3.49. The van der Waals surface area contributed by atoms with E-state index in [4.69, 9.17) is 0 Å². The fourth-order valence-corrected chi connectivity index (χ4v) is 3.78. The van der Waals surface area contributed by atoms with Crippen LogP contribution in [0, 0.1) is 0 Å². The van der Waals surface area contributed by atoms with Crippen LogP contribution in [0.25, 0.3) is 16.2 Å². The van der Waals surface area contributed by atoms with Crippen LogP contribution in [0.4, 0.5) is 11.4 Å². The van der Waals surface area contributed by atoms with Crippen LogP contribution in [-0.2, 0) is 0 Å². The predicted octanol–water partition coefficient (Wildman–Crippen LogP) is 5.07. The molecule has 2 heterocycles. The quantitative estimate of drug-likeness (QED) is 0.592. The van der Waals surface area contributed by atoms with Gasteiger partial charge in [-0.3, -0.25) is 0 Å². The van der Waals surface area contributed by atoms with E-state index in [1.165, 1.54) is 26.3 Å². The minimum Gasteiger partial charge on any atom is -0.336 e. The highest BCUT2D eigenvalue weighted by molar-refractivity contribution is 7.20. The van der Waals surface area contributed by atoms with Crippen molar-refractivity contribution in [1.29, 1.82) is 0 Å². The van der Waals surface area contributed by atoms with Gasteiger partial charge in [-0.1, -0.05) is 42.5 Å². The highest BCUT2D eigenvalue weighted by atomic mass is 32.1. The van der Waals surface area contributed by atoms with Gasteiger partial charge in [0.25, 0.3) is 0 Å². The van der Waals surface area contributed by atoms with Crippen LogP contribution in [0.2, 0.25) is 0 Å². The second-order valence-electron chi connectivity index (χ2n) is 4.66. The zero-order valence-electron chi connectivity index (χ0n) is 10.4. The molecule has 3 aromatic rings. The van der Waals surface area contributed by atoms with Gasteiger partial charge in [0.1, 0.15) is 0 Å². The highest BCUT2D eigenvalue weighted by Crippen LogP contribution is 2.43. The van der Waals surface area contributed by atoms with Crippen LogP contribution in [0.5, 0.6) is 0 Å². The van der Waals surface area contributed by atoms with Gasteiger partial charge in [-0.2, -0.15) is 0 Å². The molecule has 0 saturated carbocycles. The summed E-state index contributed by atoms with van der Waals surface area (Å²) in [7, 11) is 0. The van der Waals surface area contributed by atoms with Crippen molar-refractivity contribution in [3.8, 4) is 0 Å². The Bertz CT molecular complexity index is 755. The third-order valence-corrected chi connectivity index (χ3v) is 4.62. The highest BCUT2D eigenvalue weighted by Gasteiger charge is 2.19. The molecular weight excluding hydrogens is 250 g/mol. The second-order valence-corrected chi connectivity index (χ2v) is 5.74. The summed E-state index contributed by atoms with van der Waals surface area (Å²) < 4.78 is 1.36. The van der Waals surface area contributed by atoms with E-state index in [-0.39, 0.29) is 0 Å². The maximum absolute atomic E-state index is 2.40. The molecule has 0 amide bonds. The Hall–Kier alpha value is -2.06. The van der Waals surface area contributed by atoms with E-state index in [1.807, 2.05) is 11.3 Å². The Kier molecular flexibility index (Phi) is 2.42. The lowest BCUT2D eigenvalue weighted by Crippen LogP contribution is -2.19. The molecule has 1 aliphatic rings. The normalized spacial score (nSPS) is 13.8. The fourth-order valence-electron chi connectivity index (χ4n) is 2.64. The molecule has 0 spiro atoms. The lowest BCUT2D eigenvalue weighted by Gasteiger charge is -2.26. The lowest BCUT2D eigenvalue weighted by molar-refractivity contribution is 1.10. The number of hydrogen-bond acceptors (Lipinski definition) is 2. The lowest BCUT2D eigenvalue weighted by atomic mass is 10.1. The number of nitrogens with zero attached hydrogens (tertiary/aromatic N) is 1. The average Bonchev–Trinajstić information content (AvgIpc) is 2.86. The molecule has 1 aliphatic heterocycles. The van der Waals surface area contributed by atoms with E-state index in [2.05, 4.69) is 71.6 Å². The van der Waals surface area contributed by atoms with E-state index in [0.29, 0.717) is 0 Å². The van der Waals surface area contributed by atoms with E-state index >= 15 is 0 Å². The van der Waals surface area contributed by atoms with Crippen molar-refractivity contribution in [2.75, 3.05) is 11.4 Å². The van der Waals surface area contributed by atoms with E-state index in [9.17, 15) is 0 Å². The minimum atomic E-state index is 0.942. The monoisotopic (exact) mass is 263 g/mol. The number of anilines is 2. The molecule has 0 aliphatic carbocycles. The number of rotatable bonds is 1. The van der Waals surface area contributed by atoms with Gasteiger partial charge in [0.15, 0.2) is 0 Å². The second kappa shape index (κ2) is 4.25. The minimum absolute atomic E-state index is 0.942. The Morgan fingerprint density at radius 3 is 2.58 bits per heavy atom. The molecule has 4 rings (SSSR count). The standard InChI is InChI=1S/C17H13NS/c1-2-7-13(8-3-1)18-12-6-11-16-17(18)14-9-4-5-10-15(14)19-16/h1-11H,12H2. The van der Waals surface area contributed by atoms with Crippen molar-refractivity contribution in [2.45, 2.75) is 0 Å². The third kappa shape index (κ3) is 1.68. The number of benzene rings is 2. The molecule has 19 heavy (non-hydrogen) atoms. The van der Waals surface area contributed by atoms with E-state index in [1.54, 1.807) is 0 Å². The predicted molar refractivity (Wildman–Crippen MR) is 84.3 cm³/mol. The number of hydrogen-bond donors (Lipinski definition) is 0. The molecule has 1 nitrogen and oxygen atoms in total. The zero-order valence-corrected chi connectivity index (χ0v) is 11.2. The van der Waals surface area contributed by atoms with Gasteiger partial charge in [-0.15, -0.1) is 11.3 Å². The SMILES string of the molecule is C1=Cc2sc3ccccc3c2N(c2ccccc2)C1. The molecule has 1 aromatic heterocycles. The molecule has 2 aromatic carbocycles. The van der Waals surface area contributed by atoms with Crippen LogP contribution in [0.3, 0.4) is 0 Å². The van der Waals surface area contributed by atoms with Gasteiger partial charge in [0, 0.05) is 22.3 Å². The molecule has 0 atom stereocenters. The maximum Gasteiger partial charge on any atom is 0.0676 e. The molecule has 0 radical (unpaired) electrons. The number of para-hydroxylation sites is 1. The fraction of sp³-hybridized carbons (Fsp3) is 0.0588. The zero-order chi connectivity index (χ0) is 12.7. The summed E-state index contributed by atoms with van der Waals surface area (Å²) in [6.45, 7) is 0.942. The first-order chi connectivity index (χ1) is 9.43. The van der Waals surface area contributed by atoms with Gasteiger partial charge < -0.3 is 4.90 Å². The van der Waals surface area contributed by atoms with E-state index < -0.39 is 0 Å². The molecule has 0 N–H and O–H groups in total. The molecule has 0 fully saturated rings. The molecule has 0 unspecified atom stereocenters. The van der Waals surface area contributed by atoms with Crippen molar-refractivity contribution in [3.05, 3.63) is 65.6 Å². The Morgan fingerprint density at radius 2 is 1.68 bits per heavy atom. The molecule has 2 heteroatoms. The van der Waals surface area contributed by atoms with Crippen LogP contribution in [-0.4, -0.2) is 6.54 Å². The first kappa shape index (κ1) is 10.8. The molecule has 0 saturated heterocycles. The Balaban J connectivity index is 1.97. The first-order valence-electron chi connectivity index (χ1n) is 6.44. The van der Waals surface area contributed by atoms with Crippen LogP contribution >= 0.6 is 11.3 Å². The van der Waals surface area contributed by atoms with Gasteiger partial charge >= 0.3 is 0 Å². The summed E-state index contributed by atoms with van der Waals surface area (Å²) in [5.74, 6) is 0. The molecular formula is C17H13NS. The Labute approximate surface area is 116 Å². The van der Waals surface area contributed by atoms with Crippen LogP contribution in [0.15, 0.2) is 60.7 Å². The smallest absolute Gasteiger partial charge is 0.0676 e. The van der Waals surface area contributed by atoms with E-state index in [0.717, 1.165) is 6.54 Å². The van der Waals surface area contributed by atoms with Crippen molar-refractivity contribution in [3.63, 3.8) is 0 Å². The van der Waals surface area contributed by atoms with Crippen molar-refractivity contribution in [1.82, 2.24) is 0 Å². The number of thiophene rings is 1. The number of fused-ring (bicyclic) bond motifs is 3. The molecule has 0 bridgehead atoms. The summed E-state index contributed by atoms with van der Waals surface area (Å²) in [6, 6.07) is 19.3. The Morgan fingerprint density at radius 1 is 0.895 bits per heavy atom. The summed E-state index contributed by atoms with van der Waals surface area (Å²) in [5.41, 5.74) is 2.62. The van der Waals surface area contributed by atoms with Crippen molar-refractivity contribution in [2.24, 2.45) is 0 Å². The van der Waals surface area contributed by atoms with Crippen LogP contribution < -0.4 is 4.90 Å². The summed E-state index contributed by atoms with van der Waals surface area (Å²) >= 11 is 1.87. The maximum atomic E-state index is 2.40. The first-order valence-corrected chi connectivity index (χ1v) is 7.26. The van der Waals surface area contributed by atoms with Gasteiger partial charge in [-0.05, 0) is 24.3 Å². The summed E-state index contributed by atoms with van der Waals surface area (Å²) in [6.07, 6.45) is 4.49. The van der Waals surface area contributed by atoms with Gasteiger partial charge in [-0.25, -0.2) is 0 Å². The summed E-state index contributed by atoms with van der Waals surface area (Å²) in [4.78, 5) is 3.75. The molecule has 92 valence electrons. The van der Waals surface area contributed by atoms with Crippen LogP contribution in [0.1, 0.15) is 4.88 Å².